The van der Waals surface area contributed by atoms with Crippen LogP contribution in [0.15, 0.2) is 12.1 Å². The van der Waals surface area contributed by atoms with Gasteiger partial charge in [-0.2, -0.15) is 5.10 Å². The van der Waals surface area contributed by atoms with Crippen LogP contribution < -0.4 is 10.2 Å². The molecule has 3 rings (SSSR count). The van der Waals surface area contributed by atoms with E-state index in [4.69, 9.17) is 0 Å². The highest BCUT2D eigenvalue weighted by atomic mass is 16.1. The molecule has 2 saturated heterocycles. The number of amides is 1. The van der Waals surface area contributed by atoms with Crippen molar-refractivity contribution < 1.29 is 4.79 Å². The van der Waals surface area contributed by atoms with Gasteiger partial charge in [-0.3, -0.25) is 4.79 Å². The first-order valence-electron chi connectivity index (χ1n) is 8.66. The molecule has 0 atom stereocenters. The highest BCUT2D eigenvalue weighted by molar-refractivity contribution is 5.79. The molecule has 0 aromatic carbocycles. The van der Waals surface area contributed by atoms with Crippen LogP contribution in [-0.2, 0) is 4.79 Å². The summed E-state index contributed by atoms with van der Waals surface area (Å²) in [6, 6.07) is 4.36. The number of anilines is 1. The lowest BCUT2D eigenvalue weighted by atomic mass is 9.94. The first-order valence-corrected chi connectivity index (χ1v) is 8.66. The summed E-state index contributed by atoms with van der Waals surface area (Å²) < 4.78 is 0. The van der Waals surface area contributed by atoms with Gasteiger partial charge in [0.2, 0.25) is 5.91 Å². The van der Waals surface area contributed by atoms with E-state index < -0.39 is 0 Å². The van der Waals surface area contributed by atoms with Crippen molar-refractivity contribution in [2.45, 2.75) is 38.6 Å². The van der Waals surface area contributed by atoms with Crippen molar-refractivity contribution >= 4 is 11.7 Å². The number of nitrogens with zero attached hydrogens (tertiary/aromatic N) is 4. The SMILES string of the molecule is Cc1ccc(N2CCC(C(=O)NC3CCN(C)CC3)CC2)nn1. The lowest BCUT2D eigenvalue weighted by Gasteiger charge is -2.34. The summed E-state index contributed by atoms with van der Waals surface area (Å²) in [5.74, 6) is 1.31. The van der Waals surface area contributed by atoms with E-state index in [0.29, 0.717) is 6.04 Å². The van der Waals surface area contributed by atoms with Gasteiger partial charge in [0.25, 0.3) is 0 Å². The number of piperidine rings is 2. The molecule has 1 aromatic rings. The monoisotopic (exact) mass is 317 g/mol. The number of hydrogen-bond acceptors (Lipinski definition) is 5. The molecule has 0 radical (unpaired) electrons. The van der Waals surface area contributed by atoms with E-state index in [1.165, 1.54) is 0 Å². The second kappa shape index (κ2) is 7.25. The first kappa shape index (κ1) is 16.2. The highest BCUT2D eigenvalue weighted by Gasteiger charge is 2.28. The van der Waals surface area contributed by atoms with E-state index in [-0.39, 0.29) is 11.8 Å². The predicted octanol–water partition coefficient (Wildman–Crippen LogP) is 1.21. The minimum atomic E-state index is 0.143. The van der Waals surface area contributed by atoms with E-state index in [1.54, 1.807) is 0 Å². The van der Waals surface area contributed by atoms with Crippen LogP contribution in [0.1, 0.15) is 31.4 Å². The largest absolute Gasteiger partial charge is 0.355 e. The van der Waals surface area contributed by atoms with Crippen LogP contribution in [0.25, 0.3) is 0 Å². The molecule has 0 spiro atoms. The molecule has 23 heavy (non-hydrogen) atoms. The zero-order chi connectivity index (χ0) is 16.2. The van der Waals surface area contributed by atoms with Crippen LogP contribution in [0, 0.1) is 12.8 Å². The van der Waals surface area contributed by atoms with Crippen molar-refractivity contribution in [2.75, 3.05) is 38.1 Å². The Bertz CT molecular complexity index is 516. The quantitative estimate of drug-likeness (QED) is 0.908. The van der Waals surface area contributed by atoms with Crippen LogP contribution in [0.2, 0.25) is 0 Å². The normalized spacial score (nSPS) is 21.4. The Hall–Kier alpha value is -1.69. The Morgan fingerprint density at radius 2 is 1.78 bits per heavy atom. The summed E-state index contributed by atoms with van der Waals surface area (Å²) >= 11 is 0. The minimum absolute atomic E-state index is 0.143. The molecule has 2 aliphatic heterocycles. The number of aryl methyl sites for hydroxylation is 1. The van der Waals surface area contributed by atoms with Crippen molar-refractivity contribution in [2.24, 2.45) is 5.92 Å². The van der Waals surface area contributed by atoms with Gasteiger partial charge in [0, 0.05) is 25.0 Å². The number of carbonyl (C=O) groups excluding carboxylic acids is 1. The third-order valence-electron chi connectivity index (χ3n) is 5.04. The Morgan fingerprint density at radius 1 is 1.09 bits per heavy atom. The molecule has 0 bridgehead atoms. The minimum Gasteiger partial charge on any atom is -0.355 e. The molecule has 1 aromatic heterocycles. The summed E-state index contributed by atoms with van der Waals surface area (Å²) in [6.07, 6.45) is 3.93. The fourth-order valence-corrected chi connectivity index (χ4v) is 3.40. The van der Waals surface area contributed by atoms with Gasteiger partial charge < -0.3 is 15.1 Å². The molecule has 6 nitrogen and oxygen atoms in total. The van der Waals surface area contributed by atoms with Crippen molar-refractivity contribution in [1.82, 2.24) is 20.4 Å². The zero-order valence-corrected chi connectivity index (χ0v) is 14.2. The molecule has 1 N–H and O–H groups in total. The summed E-state index contributed by atoms with van der Waals surface area (Å²) in [6.45, 7) is 5.85. The predicted molar refractivity (Wildman–Crippen MR) is 90.4 cm³/mol. The van der Waals surface area contributed by atoms with Crippen LogP contribution in [0.3, 0.4) is 0 Å². The van der Waals surface area contributed by atoms with Gasteiger partial charge in [0.1, 0.15) is 0 Å². The summed E-state index contributed by atoms with van der Waals surface area (Å²) in [7, 11) is 2.14. The lowest BCUT2D eigenvalue weighted by Crippen LogP contribution is -2.47. The maximum absolute atomic E-state index is 12.5. The van der Waals surface area contributed by atoms with Crippen molar-refractivity contribution in [3.05, 3.63) is 17.8 Å². The third-order valence-corrected chi connectivity index (χ3v) is 5.04. The molecule has 3 heterocycles. The Kier molecular flexibility index (Phi) is 5.10. The number of nitrogens with one attached hydrogen (secondary N) is 1. The average Bonchev–Trinajstić information content (AvgIpc) is 2.58. The van der Waals surface area contributed by atoms with Crippen molar-refractivity contribution in [3.8, 4) is 0 Å². The second-order valence-corrected chi connectivity index (χ2v) is 6.88. The Morgan fingerprint density at radius 3 is 2.39 bits per heavy atom. The number of rotatable bonds is 3. The summed E-state index contributed by atoms with van der Waals surface area (Å²) in [4.78, 5) is 17.0. The van der Waals surface area contributed by atoms with Crippen LogP contribution >= 0.6 is 0 Å². The van der Waals surface area contributed by atoms with Crippen LogP contribution in [0.5, 0.6) is 0 Å². The Labute approximate surface area is 138 Å². The molecule has 126 valence electrons. The molecule has 0 aliphatic carbocycles. The summed E-state index contributed by atoms with van der Waals surface area (Å²) in [5.41, 5.74) is 0.932. The maximum atomic E-state index is 12.5. The number of hydrogen-bond donors (Lipinski definition) is 1. The van der Waals surface area contributed by atoms with E-state index in [0.717, 1.165) is 63.4 Å². The van der Waals surface area contributed by atoms with Gasteiger partial charge in [0.05, 0.1) is 5.69 Å². The van der Waals surface area contributed by atoms with E-state index in [9.17, 15) is 4.79 Å². The fourth-order valence-electron chi connectivity index (χ4n) is 3.40. The number of carbonyl (C=O) groups is 1. The molecule has 6 heteroatoms. The van der Waals surface area contributed by atoms with Crippen LogP contribution in [-0.4, -0.2) is 60.3 Å². The molecule has 1 amide bonds. The molecular weight excluding hydrogens is 290 g/mol. The van der Waals surface area contributed by atoms with Gasteiger partial charge in [-0.05, 0) is 64.9 Å². The molecular formula is C17H27N5O. The van der Waals surface area contributed by atoms with Crippen molar-refractivity contribution in [1.29, 1.82) is 0 Å². The topological polar surface area (TPSA) is 61.4 Å². The molecule has 2 aliphatic rings. The number of likely N-dealkylation sites (tertiary alicyclic amines) is 1. The molecule has 0 unspecified atom stereocenters. The highest BCUT2D eigenvalue weighted by Crippen LogP contribution is 2.22. The Balaban J connectivity index is 1.46. The van der Waals surface area contributed by atoms with Crippen molar-refractivity contribution in [3.63, 3.8) is 0 Å². The maximum Gasteiger partial charge on any atom is 0.223 e. The van der Waals surface area contributed by atoms with Crippen LogP contribution in [0.4, 0.5) is 5.82 Å². The zero-order valence-electron chi connectivity index (χ0n) is 14.2. The smallest absolute Gasteiger partial charge is 0.223 e. The molecule has 2 fully saturated rings. The molecule has 0 saturated carbocycles. The van der Waals surface area contributed by atoms with Gasteiger partial charge in [-0.1, -0.05) is 0 Å². The average molecular weight is 317 g/mol. The van der Waals surface area contributed by atoms with Gasteiger partial charge >= 0.3 is 0 Å². The fraction of sp³-hybridized carbons (Fsp3) is 0.706. The first-order chi connectivity index (χ1) is 11.1. The van der Waals surface area contributed by atoms with Gasteiger partial charge in [-0.15, -0.1) is 5.10 Å². The summed E-state index contributed by atoms with van der Waals surface area (Å²) in [5, 5.41) is 11.6. The standard InChI is InChI=1S/C17H27N5O/c1-13-3-4-16(20-19-13)22-11-5-14(6-12-22)17(23)18-15-7-9-21(2)10-8-15/h3-4,14-15H,5-12H2,1-2H3,(H,18,23). The second-order valence-electron chi connectivity index (χ2n) is 6.88. The van der Waals surface area contributed by atoms with E-state index in [1.807, 2.05) is 19.1 Å². The lowest BCUT2D eigenvalue weighted by molar-refractivity contribution is -0.126. The van der Waals surface area contributed by atoms with E-state index >= 15 is 0 Å². The van der Waals surface area contributed by atoms with Gasteiger partial charge in [0.15, 0.2) is 5.82 Å². The van der Waals surface area contributed by atoms with Gasteiger partial charge in [-0.25, -0.2) is 0 Å². The number of aromatic nitrogens is 2. The third kappa shape index (κ3) is 4.19. The van der Waals surface area contributed by atoms with E-state index in [2.05, 4.69) is 32.4 Å².